The summed E-state index contributed by atoms with van der Waals surface area (Å²) in [6.45, 7) is 6.41. The summed E-state index contributed by atoms with van der Waals surface area (Å²) in [4.78, 5) is 13.8. The molecular weight excluding hydrogens is 280 g/mol. The quantitative estimate of drug-likeness (QED) is 0.863. The number of amides is 1. The Morgan fingerprint density at radius 3 is 2.68 bits per heavy atom. The number of hydrogen-bond donors (Lipinski definition) is 2. The van der Waals surface area contributed by atoms with Gasteiger partial charge in [-0.2, -0.15) is 0 Å². The molecule has 22 heavy (non-hydrogen) atoms. The van der Waals surface area contributed by atoms with E-state index in [9.17, 15) is 4.79 Å². The molecule has 5 nitrogen and oxygen atoms in total. The number of carbonyl (C=O) groups excluding carboxylic acids is 1. The van der Waals surface area contributed by atoms with Gasteiger partial charge in [-0.15, -0.1) is 0 Å². The van der Waals surface area contributed by atoms with Crippen LogP contribution in [0.4, 0.5) is 5.69 Å². The van der Waals surface area contributed by atoms with Crippen molar-refractivity contribution in [3.8, 4) is 11.5 Å². The first-order chi connectivity index (χ1) is 10.5. The molecule has 1 heterocycles. The third-order valence-corrected chi connectivity index (χ3v) is 4.46. The average molecular weight is 307 g/mol. The van der Waals surface area contributed by atoms with E-state index in [0.717, 1.165) is 18.8 Å². The Kier molecular flexibility index (Phi) is 5.66. The van der Waals surface area contributed by atoms with E-state index in [4.69, 9.17) is 9.47 Å². The highest BCUT2D eigenvalue weighted by Gasteiger charge is 2.29. The van der Waals surface area contributed by atoms with Crippen LogP contribution in [-0.2, 0) is 4.79 Å². The Hall–Kier alpha value is -1.75. The monoisotopic (exact) mass is 307 g/mol. The number of quaternary nitrogens is 1. The van der Waals surface area contributed by atoms with Crippen LogP contribution in [0.15, 0.2) is 18.2 Å². The van der Waals surface area contributed by atoms with Gasteiger partial charge in [0.1, 0.15) is 0 Å². The Bertz CT molecular complexity index is 519. The fraction of sp³-hybridized carbons (Fsp3) is 0.588. The summed E-state index contributed by atoms with van der Waals surface area (Å²) in [7, 11) is 3.18. The van der Waals surface area contributed by atoms with Crippen LogP contribution in [-0.4, -0.2) is 39.3 Å². The highest BCUT2D eigenvalue weighted by Crippen LogP contribution is 2.29. The van der Waals surface area contributed by atoms with Gasteiger partial charge in [-0.1, -0.05) is 6.92 Å². The minimum Gasteiger partial charge on any atom is -0.493 e. The summed E-state index contributed by atoms with van der Waals surface area (Å²) >= 11 is 0. The Labute approximate surface area is 132 Å². The molecule has 1 aromatic carbocycles. The van der Waals surface area contributed by atoms with E-state index < -0.39 is 0 Å². The maximum atomic E-state index is 12.5. The molecule has 3 atom stereocenters. The fourth-order valence-electron chi connectivity index (χ4n) is 3.07. The van der Waals surface area contributed by atoms with Gasteiger partial charge in [0.2, 0.25) is 0 Å². The van der Waals surface area contributed by atoms with E-state index in [1.165, 1.54) is 17.7 Å². The van der Waals surface area contributed by atoms with Gasteiger partial charge in [0, 0.05) is 17.7 Å². The molecule has 1 amide bonds. The summed E-state index contributed by atoms with van der Waals surface area (Å²) < 4.78 is 10.5. The lowest BCUT2D eigenvalue weighted by molar-refractivity contribution is -0.922. The number of likely N-dealkylation sites (tertiary alicyclic amines) is 1. The Morgan fingerprint density at radius 1 is 1.32 bits per heavy atom. The van der Waals surface area contributed by atoms with Gasteiger partial charge in [0.05, 0.1) is 27.3 Å². The fourth-order valence-corrected chi connectivity index (χ4v) is 3.07. The predicted octanol–water partition coefficient (Wildman–Crippen LogP) is 1.35. The topological polar surface area (TPSA) is 52.0 Å². The van der Waals surface area contributed by atoms with Crippen molar-refractivity contribution in [3.05, 3.63) is 18.2 Å². The molecule has 2 N–H and O–H groups in total. The molecule has 122 valence electrons. The lowest BCUT2D eigenvalue weighted by atomic mass is 9.99. The number of rotatable bonds is 5. The Morgan fingerprint density at radius 2 is 2.05 bits per heavy atom. The lowest BCUT2D eigenvalue weighted by Crippen LogP contribution is -3.17. The number of piperidine rings is 1. The zero-order chi connectivity index (χ0) is 16.1. The van der Waals surface area contributed by atoms with Crippen molar-refractivity contribution in [2.75, 3.05) is 32.6 Å². The van der Waals surface area contributed by atoms with Crippen molar-refractivity contribution in [1.29, 1.82) is 0 Å². The number of benzene rings is 1. The summed E-state index contributed by atoms with van der Waals surface area (Å²) in [6, 6.07) is 5.38. The average Bonchev–Trinajstić information content (AvgIpc) is 2.53. The van der Waals surface area contributed by atoms with Crippen LogP contribution < -0.4 is 19.7 Å². The number of methoxy groups -OCH3 is 2. The molecule has 1 unspecified atom stereocenters. The second-order valence-corrected chi connectivity index (χ2v) is 6.14. The predicted molar refractivity (Wildman–Crippen MR) is 86.7 cm³/mol. The molecule has 1 aliphatic heterocycles. The summed E-state index contributed by atoms with van der Waals surface area (Å²) in [6.07, 6.45) is 2.47. The van der Waals surface area contributed by atoms with Crippen molar-refractivity contribution < 1.29 is 19.2 Å². The zero-order valence-corrected chi connectivity index (χ0v) is 13.9. The first-order valence-electron chi connectivity index (χ1n) is 7.92. The second kappa shape index (κ2) is 7.49. The van der Waals surface area contributed by atoms with Crippen LogP contribution >= 0.6 is 0 Å². The van der Waals surface area contributed by atoms with Crippen LogP contribution in [0.3, 0.4) is 0 Å². The molecule has 2 rings (SSSR count). The number of ether oxygens (including phenoxy) is 2. The second-order valence-electron chi connectivity index (χ2n) is 6.14. The van der Waals surface area contributed by atoms with E-state index in [-0.39, 0.29) is 11.9 Å². The SMILES string of the molecule is COc1ccc(NC(=O)[C@H](C)[NH+]2CCC[C@@H](C)C2)cc1OC. The number of nitrogens with one attached hydrogen (secondary N) is 2. The van der Waals surface area contributed by atoms with Crippen LogP contribution in [0.1, 0.15) is 26.7 Å². The molecule has 1 aliphatic rings. The highest BCUT2D eigenvalue weighted by molar-refractivity contribution is 5.93. The Balaban J connectivity index is 2.01. The molecule has 0 aromatic heterocycles. The molecule has 0 saturated carbocycles. The van der Waals surface area contributed by atoms with Gasteiger partial charge < -0.3 is 19.7 Å². The van der Waals surface area contributed by atoms with Crippen molar-refractivity contribution >= 4 is 11.6 Å². The van der Waals surface area contributed by atoms with E-state index in [2.05, 4.69) is 12.2 Å². The minimum absolute atomic E-state index is 0.0455. The minimum atomic E-state index is -0.0455. The normalized spacial score (nSPS) is 22.7. The van der Waals surface area contributed by atoms with Crippen molar-refractivity contribution in [3.63, 3.8) is 0 Å². The van der Waals surface area contributed by atoms with E-state index >= 15 is 0 Å². The van der Waals surface area contributed by atoms with E-state index in [1.807, 2.05) is 13.0 Å². The number of anilines is 1. The molecule has 0 spiro atoms. The summed E-state index contributed by atoms with van der Waals surface area (Å²) in [5.41, 5.74) is 0.735. The van der Waals surface area contributed by atoms with Crippen molar-refractivity contribution in [1.82, 2.24) is 0 Å². The van der Waals surface area contributed by atoms with Gasteiger partial charge in [0.15, 0.2) is 17.5 Å². The smallest absolute Gasteiger partial charge is 0.282 e. The largest absolute Gasteiger partial charge is 0.493 e. The first kappa shape index (κ1) is 16.6. The lowest BCUT2D eigenvalue weighted by Gasteiger charge is -2.31. The highest BCUT2D eigenvalue weighted by atomic mass is 16.5. The van der Waals surface area contributed by atoms with E-state index in [1.54, 1.807) is 26.4 Å². The van der Waals surface area contributed by atoms with Crippen LogP contribution in [0.25, 0.3) is 0 Å². The van der Waals surface area contributed by atoms with Gasteiger partial charge in [-0.25, -0.2) is 0 Å². The molecule has 5 heteroatoms. The van der Waals surface area contributed by atoms with Gasteiger partial charge in [-0.3, -0.25) is 4.79 Å². The summed E-state index contributed by atoms with van der Waals surface area (Å²) in [5.74, 6) is 2.02. The van der Waals surface area contributed by atoms with Crippen LogP contribution in [0, 0.1) is 5.92 Å². The van der Waals surface area contributed by atoms with Gasteiger partial charge in [0.25, 0.3) is 5.91 Å². The molecule has 1 aromatic rings. The van der Waals surface area contributed by atoms with Crippen LogP contribution in [0.5, 0.6) is 11.5 Å². The van der Waals surface area contributed by atoms with Crippen LogP contribution in [0.2, 0.25) is 0 Å². The molecule has 1 saturated heterocycles. The summed E-state index contributed by atoms with van der Waals surface area (Å²) in [5, 5.41) is 2.98. The molecule has 0 bridgehead atoms. The van der Waals surface area contributed by atoms with Crippen molar-refractivity contribution in [2.24, 2.45) is 5.92 Å². The molecule has 1 fully saturated rings. The third-order valence-electron chi connectivity index (χ3n) is 4.46. The molecule has 0 aliphatic carbocycles. The zero-order valence-electron chi connectivity index (χ0n) is 13.9. The van der Waals surface area contributed by atoms with Gasteiger partial charge in [-0.05, 0) is 31.9 Å². The molecule has 0 radical (unpaired) electrons. The first-order valence-corrected chi connectivity index (χ1v) is 7.92. The maximum absolute atomic E-state index is 12.5. The van der Waals surface area contributed by atoms with Gasteiger partial charge >= 0.3 is 0 Å². The number of hydrogen-bond acceptors (Lipinski definition) is 3. The standard InChI is InChI=1S/C17H26N2O3/c1-12-6-5-9-19(11-12)13(2)17(20)18-14-7-8-15(21-3)16(10-14)22-4/h7-8,10,12-13H,5-6,9,11H2,1-4H3,(H,18,20)/p+1/t12-,13+/m1/s1. The van der Waals surface area contributed by atoms with E-state index in [0.29, 0.717) is 17.4 Å². The maximum Gasteiger partial charge on any atom is 0.282 e. The number of carbonyl (C=O) groups is 1. The molecular formula is C17H27N2O3+. The van der Waals surface area contributed by atoms with Crippen molar-refractivity contribution in [2.45, 2.75) is 32.7 Å². The third kappa shape index (κ3) is 3.91.